The van der Waals surface area contributed by atoms with Crippen molar-refractivity contribution < 1.29 is 14.1 Å². The van der Waals surface area contributed by atoms with E-state index < -0.39 is 17.2 Å². The number of carbonyl (C=O) groups excluding carboxylic acids is 1. The molecule has 1 heterocycles. The van der Waals surface area contributed by atoms with E-state index in [9.17, 15) is 4.79 Å². The number of ether oxygens (including phenoxy) is 1. The van der Waals surface area contributed by atoms with Crippen molar-refractivity contribution in [1.29, 1.82) is 0 Å². The predicted octanol–water partition coefficient (Wildman–Crippen LogP) is 2.16. The van der Waals surface area contributed by atoms with Gasteiger partial charge in [0.25, 0.3) is 0 Å². The Labute approximate surface area is 106 Å². The Hall–Kier alpha value is -1.72. The van der Waals surface area contributed by atoms with Gasteiger partial charge in [-0.3, -0.25) is 0 Å². The monoisotopic (exact) mass is 253 g/mol. The SMILES string of the molecule is CC(C)(C)OC(=O)NC1(c2cc(N)no2)CCC1. The van der Waals surface area contributed by atoms with E-state index >= 15 is 0 Å². The van der Waals surface area contributed by atoms with Crippen molar-refractivity contribution in [3.63, 3.8) is 0 Å². The number of hydrogen-bond donors (Lipinski definition) is 2. The Kier molecular flexibility index (Phi) is 2.96. The lowest BCUT2D eigenvalue weighted by molar-refractivity contribution is 0.0333. The fraction of sp³-hybridized carbons (Fsp3) is 0.667. The summed E-state index contributed by atoms with van der Waals surface area (Å²) in [5.41, 5.74) is 4.51. The topological polar surface area (TPSA) is 90.4 Å². The summed E-state index contributed by atoms with van der Waals surface area (Å²) in [6.45, 7) is 5.48. The van der Waals surface area contributed by atoms with Crippen LogP contribution in [0, 0.1) is 0 Å². The van der Waals surface area contributed by atoms with Crippen molar-refractivity contribution in [3.05, 3.63) is 11.8 Å². The number of rotatable bonds is 2. The van der Waals surface area contributed by atoms with Crippen LogP contribution in [0.5, 0.6) is 0 Å². The molecule has 0 bridgehead atoms. The first-order chi connectivity index (χ1) is 8.31. The van der Waals surface area contributed by atoms with Crippen LogP contribution < -0.4 is 11.1 Å². The van der Waals surface area contributed by atoms with E-state index in [2.05, 4.69) is 10.5 Å². The molecule has 0 radical (unpaired) electrons. The van der Waals surface area contributed by atoms with Gasteiger partial charge in [-0.25, -0.2) is 4.79 Å². The zero-order chi connectivity index (χ0) is 13.4. The molecule has 6 heteroatoms. The molecule has 1 aromatic heterocycles. The van der Waals surface area contributed by atoms with Crippen LogP contribution in [-0.2, 0) is 10.3 Å². The number of carbonyl (C=O) groups is 1. The van der Waals surface area contributed by atoms with Crippen molar-refractivity contribution in [2.24, 2.45) is 0 Å². The third-order valence-electron chi connectivity index (χ3n) is 2.95. The van der Waals surface area contributed by atoms with Crippen LogP contribution in [0.25, 0.3) is 0 Å². The second-order valence-electron chi connectivity index (χ2n) is 5.68. The summed E-state index contributed by atoms with van der Waals surface area (Å²) in [6.07, 6.45) is 2.19. The Morgan fingerprint density at radius 3 is 2.61 bits per heavy atom. The van der Waals surface area contributed by atoms with Crippen molar-refractivity contribution in [2.75, 3.05) is 5.73 Å². The van der Waals surface area contributed by atoms with Gasteiger partial charge in [-0.1, -0.05) is 5.16 Å². The molecule has 18 heavy (non-hydrogen) atoms. The van der Waals surface area contributed by atoms with E-state index in [4.69, 9.17) is 15.0 Å². The quantitative estimate of drug-likeness (QED) is 0.842. The summed E-state index contributed by atoms with van der Waals surface area (Å²) >= 11 is 0. The van der Waals surface area contributed by atoms with Crippen molar-refractivity contribution in [2.45, 2.75) is 51.2 Å². The molecule has 0 unspecified atom stereocenters. The lowest BCUT2D eigenvalue weighted by atomic mass is 9.75. The molecule has 0 atom stereocenters. The van der Waals surface area contributed by atoms with Crippen LogP contribution in [-0.4, -0.2) is 16.9 Å². The van der Waals surface area contributed by atoms with Gasteiger partial charge in [-0.2, -0.15) is 0 Å². The average Bonchev–Trinajstić information content (AvgIpc) is 2.55. The van der Waals surface area contributed by atoms with E-state index in [0.717, 1.165) is 19.3 Å². The van der Waals surface area contributed by atoms with Crippen LogP contribution >= 0.6 is 0 Å². The van der Waals surface area contributed by atoms with Crippen LogP contribution in [0.1, 0.15) is 45.8 Å². The minimum atomic E-state index is -0.518. The molecule has 0 saturated heterocycles. The normalized spacial score (nSPS) is 17.9. The molecule has 0 spiro atoms. The van der Waals surface area contributed by atoms with E-state index in [0.29, 0.717) is 11.6 Å². The van der Waals surface area contributed by atoms with Gasteiger partial charge >= 0.3 is 6.09 Å². The zero-order valence-electron chi connectivity index (χ0n) is 10.9. The summed E-state index contributed by atoms with van der Waals surface area (Å²) in [7, 11) is 0. The highest BCUT2D eigenvalue weighted by molar-refractivity contribution is 5.69. The van der Waals surface area contributed by atoms with Gasteiger partial charge in [0, 0.05) is 6.07 Å². The molecule has 1 aromatic rings. The van der Waals surface area contributed by atoms with Gasteiger partial charge in [0.05, 0.1) is 0 Å². The number of aromatic nitrogens is 1. The third-order valence-corrected chi connectivity index (χ3v) is 2.95. The molecule has 1 fully saturated rings. The first-order valence-corrected chi connectivity index (χ1v) is 6.05. The van der Waals surface area contributed by atoms with E-state index in [1.807, 2.05) is 20.8 Å². The number of nitrogen functional groups attached to an aromatic ring is 1. The lowest BCUT2D eigenvalue weighted by Gasteiger charge is -2.40. The molecule has 0 aromatic carbocycles. The standard InChI is InChI=1S/C12H19N3O3/c1-11(2,3)17-10(16)14-12(5-4-6-12)8-7-9(13)15-18-8/h7H,4-6H2,1-3H3,(H2,13,15)(H,14,16). The van der Waals surface area contributed by atoms with Crippen molar-refractivity contribution in [1.82, 2.24) is 10.5 Å². The fourth-order valence-corrected chi connectivity index (χ4v) is 1.98. The van der Waals surface area contributed by atoms with Crippen LogP contribution in [0.15, 0.2) is 10.6 Å². The molecule has 3 N–H and O–H groups in total. The highest BCUT2D eigenvalue weighted by Gasteiger charge is 2.44. The number of nitrogens with zero attached hydrogens (tertiary/aromatic N) is 1. The van der Waals surface area contributed by atoms with Crippen LogP contribution in [0.3, 0.4) is 0 Å². The number of anilines is 1. The highest BCUT2D eigenvalue weighted by Crippen LogP contribution is 2.41. The average molecular weight is 253 g/mol. The minimum Gasteiger partial charge on any atom is -0.444 e. The molecule has 2 rings (SSSR count). The van der Waals surface area contributed by atoms with E-state index in [-0.39, 0.29) is 0 Å². The molecule has 0 aliphatic heterocycles. The third kappa shape index (κ3) is 2.57. The smallest absolute Gasteiger partial charge is 0.408 e. The van der Waals surface area contributed by atoms with Crippen LogP contribution in [0.4, 0.5) is 10.6 Å². The predicted molar refractivity (Wildman–Crippen MR) is 65.8 cm³/mol. The summed E-state index contributed by atoms with van der Waals surface area (Å²) in [4.78, 5) is 11.8. The lowest BCUT2D eigenvalue weighted by Crippen LogP contribution is -2.51. The van der Waals surface area contributed by atoms with E-state index in [1.165, 1.54) is 0 Å². The second kappa shape index (κ2) is 4.19. The van der Waals surface area contributed by atoms with Gasteiger partial charge in [-0.05, 0) is 40.0 Å². The highest BCUT2D eigenvalue weighted by atomic mass is 16.6. The maximum atomic E-state index is 11.8. The second-order valence-corrected chi connectivity index (χ2v) is 5.68. The molecule has 6 nitrogen and oxygen atoms in total. The number of alkyl carbamates (subject to hydrolysis) is 1. The van der Waals surface area contributed by atoms with E-state index in [1.54, 1.807) is 6.07 Å². The van der Waals surface area contributed by atoms with Gasteiger partial charge in [0.15, 0.2) is 11.6 Å². The molecule has 1 saturated carbocycles. The molecular formula is C12H19N3O3. The Morgan fingerprint density at radius 1 is 1.56 bits per heavy atom. The summed E-state index contributed by atoms with van der Waals surface area (Å²) in [5, 5.41) is 6.52. The first-order valence-electron chi connectivity index (χ1n) is 6.05. The Bertz CT molecular complexity index is 444. The molecule has 100 valence electrons. The number of hydrogen-bond acceptors (Lipinski definition) is 5. The van der Waals surface area contributed by atoms with Gasteiger partial charge in [0.2, 0.25) is 0 Å². The maximum Gasteiger partial charge on any atom is 0.408 e. The first kappa shape index (κ1) is 12.7. The van der Waals surface area contributed by atoms with Gasteiger partial charge in [0.1, 0.15) is 11.1 Å². The summed E-state index contributed by atoms with van der Waals surface area (Å²) < 4.78 is 10.4. The fourth-order valence-electron chi connectivity index (χ4n) is 1.98. The number of nitrogens with two attached hydrogens (primary N) is 1. The summed E-state index contributed by atoms with van der Waals surface area (Å²) in [5.74, 6) is 0.916. The zero-order valence-corrected chi connectivity index (χ0v) is 10.9. The molecular weight excluding hydrogens is 234 g/mol. The Balaban J connectivity index is 2.08. The van der Waals surface area contributed by atoms with Gasteiger partial charge < -0.3 is 20.3 Å². The molecule has 1 aliphatic carbocycles. The molecule has 1 amide bonds. The maximum absolute atomic E-state index is 11.8. The van der Waals surface area contributed by atoms with Gasteiger partial charge in [-0.15, -0.1) is 0 Å². The van der Waals surface area contributed by atoms with Crippen molar-refractivity contribution in [3.8, 4) is 0 Å². The summed E-state index contributed by atoms with van der Waals surface area (Å²) in [6, 6.07) is 1.65. The largest absolute Gasteiger partial charge is 0.444 e. The number of nitrogens with one attached hydrogen (secondary N) is 1. The molecule has 1 aliphatic rings. The van der Waals surface area contributed by atoms with Crippen molar-refractivity contribution >= 4 is 11.9 Å². The minimum absolute atomic E-state index is 0.322. The number of amides is 1. The van der Waals surface area contributed by atoms with Crippen LogP contribution in [0.2, 0.25) is 0 Å². The Morgan fingerprint density at radius 2 is 2.22 bits per heavy atom.